The number of nitrogens with zero attached hydrogens (tertiary/aromatic N) is 1. The first-order valence-electron chi connectivity index (χ1n) is 7.32. The number of hydrogen-bond donors (Lipinski definition) is 1. The number of hydrogen-bond acceptors (Lipinski definition) is 3. The summed E-state index contributed by atoms with van der Waals surface area (Å²) in [5.74, 6) is -0.616. The quantitative estimate of drug-likeness (QED) is 0.899. The number of carbonyl (C=O) groups excluding carboxylic acids is 1. The summed E-state index contributed by atoms with van der Waals surface area (Å²) in [6.45, 7) is 3.71. The van der Waals surface area contributed by atoms with Gasteiger partial charge >= 0.3 is 5.97 Å². The minimum absolute atomic E-state index is 0.0337. The molecule has 0 radical (unpaired) electrons. The maximum Gasteiger partial charge on any atom is 0.335 e. The molecule has 0 aliphatic carbocycles. The van der Waals surface area contributed by atoms with Crippen LogP contribution in [0.15, 0.2) is 18.2 Å². The van der Waals surface area contributed by atoms with E-state index in [0.29, 0.717) is 31.7 Å². The molecule has 0 spiro atoms. The molecule has 1 aromatic carbocycles. The van der Waals surface area contributed by atoms with Crippen molar-refractivity contribution in [1.29, 1.82) is 0 Å². The Morgan fingerprint density at radius 1 is 1.38 bits per heavy atom. The Hall–Kier alpha value is -1.88. The lowest BCUT2D eigenvalue weighted by Crippen LogP contribution is -2.44. The number of carbonyl (C=O) groups is 2. The van der Waals surface area contributed by atoms with E-state index in [1.54, 1.807) is 17.0 Å². The molecule has 0 saturated carbocycles. The number of benzene rings is 1. The van der Waals surface area contributed by atoms with Crippen molar-refractivity contribution in [3.8, 4) is 0 Å². The van der Waals surface area contributed by atoms with Crippen molar-refractivity contribution in [1.82, 2.24) is 4.90 Å². The Labute approximate surface area is 123 Å². The van der Waals surface area contributed by atoms with Crippen molar-refractivity contribution in [2.75, 3.05) is 13.2 Å². The summed E-state index contributed by atoms with van der Waals surface area (Å²) >= 11 is 0. The van der Waals surface area contributed by atoms with Gasteiger partial charge < -0.3 is 14.7 Å². The fourth-order valence-corrected chi connectivity index (χ4v) is 3.19. The zero-order valence-corrected chi connectivity index (χ0v) is 12.0. The van der Waals surface area contributed by atoms with Crippen LogP contribution < -0.4 is 0 Å². The van der Waals surface area contributed by atoms with Crippen LogP contribution in [0.25, 0.3) is 0 Å². The van der Waals surface area contributed by atoms with Crippen molar-refractivity contribution in [3.05, 3.63) is 34.9 Å². The predicted molar refractivity (Wildman–Crippen MR) is 76.0 cm³/mol. The van der Waals surface area contributed by atoms with Crippen LogP contribution in [0.1, 0.15) is 34.8 Å². The van der Waals surface area contributed by atoms with Crippen LogP contribution >= 0.6 is 0 Å². The molecular formula is C16H19NO4. The van der Waals surface area contributed by atoms with Crippen LogP contribution in [0.4, 0.5) is 0 Å². The standard InChI is InChI=1S/C16H19NO4/c1-10-6-8-21-14(10)15(18)17-7-5-12-11(9-17)3-2-4-13(12)16(19)20/h2-4,10,14H,5-9H2,1H3,(H,19,20). The Bertz CT molecular complexity index is 584. The predicted octanol–water partition coefficient (Wildman–Crippen LogP) is 1.69. The minimum Gasteiger partial charge on any atom is -0.478 e. The highest BCUT2D eigenvalue weighted by molar-refractivity contribution is 5.90. The van der Waals surface area contributed by atoms with Gasteiger partial charge in [-0.15, -0.1) is 0 Å². The average Bonchev–Trinajstić information content (AvgIpc) is 2.91. The number of carboxylic acids is 1. The van der Waals surface area contributed by atoms with E-state index in [2.05, 4.69) is 0 Å². The van der Waals surface area contributed by atoms with E-state index < -0.39 is 5.97 Å². The van der Waals surface area contributed by atoms with Gasteiger partial charge in [0.1, 0.15) is 6.10 Å². The van der Waals surface area contributed by atoms with Gasteiger partial charge in [0, 0.05) is 19.7 Å². The van der Waals surface area contributed by atoms with Gasteiger partial charge in [-0.05, 0) is 36.0 Å². The van der Waals surface area contributed by atoms with E-state index in [0.717, 1.165) is 17.5 Å². The van der Waals surface area contributed by atoms with E-state index in [1.165, 1.54) is 0 Å². The highest BCUT2D eigenvalue weighted by Crippen LogP contribution is 2.27. The molecule has 2 aliphatic heterocycles. The van der Waals surface area contributed by atoms with Gasteiger partial charge in [-0.1, -0.05) is 19.1 Å². The molecule has 0 bridgehead atoms. The van der Waals surface area contributed by atoms with Crippen LogP contribution in [-0.4, -0.2) is 41.1 Å². The fourth-order valence-electron chi connectivity index (χ4n) is 3.19. The second kappa shape index (κ2) is 5.48. The molecule has 5 heteroatoms. The third-order valence-electron chi connectivity index (χ3n) is 4.44. The topological polar surface area (TPSA) is 66.8 Å². The third-order valence-corrected chi connectivity index (χ3v) is 4.44. The molecule has 2 aliphatic rings. The lowest BCUT2D eigenvalue weighted by Gasteiger charge is -2.32. The molecule has 3 rings (SSSR count). The van der Waals surface area contributed by atoms with Crippen molar-refractivity contribution in [2.24, 2.45) is 5.92 Å². The summed E-state index contributed by atoms with van der Waals surface area (Å²) in [5, 5.41) is 9.22. The zero-order chi connectivity index (χ0) is 15.0. The number of ether oxygens (including phenoxy) is 1. The first-order chi connectivity index (χ1) is 10.1. The van der Waals surface area contributed by atoms with E-state index in [-0.39, 0.29) is 17.9 Å². The molecule has 5 nitrogen and oxygen atoms in total. The molecule has 2 heterocycles. The van der Waals surface area contributed by atoms with Crippen molar-refractivity contribution in [2.45, 2.75) is 32.4 Å². The molecular weight excluding hydrogens is 270 g/mol. The van der Waals surface area contributed by atoms with Crippen molar-refractivity contribution >= 4 is 11.9 Å². The van der Waals surface area contributed by atoms with Gasteiger partial charge in [-0.2, -0.15) is 0 Å². The Balaban J connectivity index is 1.80. The Kier molecular flexibility index (Phi) is 3.68. The van der Waals surface area contributed by atoms with Gasteiger partial charge in [0.25, 0.3) is 5.91 Å². The van der Waals surface area contributed by atoms with E-state index in [1.807, 2.05) is 13.0 Å². The highest BCUT2D eigenvalue weighted by atomic mass is 16.5. The fraction of sp³-hybridized carbons (Fsp3) is 0.500. The van der Waals surface area contributed by atoms with Crippen LogP contribution in [0.2, 0.25) is 0 Å². The molecule has 0 aromatic heterocycles. The summed E-state index contributed by atoms with van der Waals surface area (Å²) in [6.07, 6.45) is 1.17. The maximum atomic E-state index is 12.5. The third kappa shape index (κ3) is 2.53. The second-order valence-electron chi connectivity index (χ2n) is 5.82. The Morgan fingerprint density at radius 2 is 2.19 bits per heavy atom. The molecule has 1 amide bonds. The van der Waals surface area contributed by atoms with Gasteiger partial charge in [0.2, 0.25) is 0 Å². The molecule has 1 N–H and O–H groups in total. The monoisotopic (exact) mass is 289 g/mol. The van der Waals surface area contributed by atoms with Crippen LogP contribution in [0, 0.1) is 5.92 Å². The first-order valence-corrected chi connectivity index (χ1v) is 7.32. The minimum atomic E-state index is -0.903. The van der Waals surface area contributed by atoms with Gasteiger partial charge in [-0.3, -0.25) is 4.79 Å². The second-order valence-corrected chi connectivity index (χ2v) is 5.82. The van der Waals surface area contributed by atoms with Crippen molar-refractivity contribution in [3.63, 3.8) is 0 Å². The molecule has 112 valence electrons. The van der Waals surface area contributed by atoms with E-state index in [4.69, 9.17) is 4.74 Å². The molecule has 1 aromatic rings. The average molecular weight is 289 g/mol. The zero-order valence-electron chi connectivity index (χ0n) is 12.0. The molecule has 21 heavy (non-hydrogen) atoms. The molecule has 1 fully saturated rings. The van der Waals surface area contributed by atoms with Gasteiger partial charge in [0.05, 0.1) is 5.56 Å². The normalized spacial score (nSPS) is 24.7. The van der Waals surface area contributed by atoms with Crippen LogP contribution in [0.3, 0.4) is 0 Å². The lowest BCUT2D eigenvalue weighted by atomic mass is 9.93. The Morgan fingerprint density at radius 3 is 2.86 bits per heavy atom. The summed E-state index contributed by atoms with van der Waals surface area (Å²) in [4.78, 5) is 25.6. The molecule has 1 saturated heterocycles. The summed E-state index contributed by atoms with van der Waals surface area (Å²) < 4.78 is 5.54. The van der Waals surface area contributed by atoms with E-state index in [9.17, 15) is 14.7 Å². The van der Waals surface area contributed by atoms with Crippen LogP contribution in [0.5, 0.6) is 0 Å². The molecule has 2 atom stereocenters. The van der Waals surface area contributed by atoms with Crippen LogP contribution in [-0.2, 0) is 22.5 Å². The first kappa shape index (κ1) is 14.1. The van der Waals surface area contributed by atoms with E-state index >= 15 is 0 Å². The number of fused-ring (bicyclic) bond motifs is 1. The maximum absolute atomic E-state index is 12.5. The summed E-state index contributed by atoms with van der Waals surface area (Å²) in [6, 6.07) is 5.27. The SMILES string of the molecule is CC1CCOC1C(=O)N1CCc2c(cccc2C(=O)O)C1. The number of carboxylic acid groups (broad SMARTS) is 1. The smallest absolute Gasteiger partial charge is 0.335 e. The largest absolute Gasteiger partial charge is 0.478 e. The number of rotatable bonds is 2. The van der Waals surface area contributed by atoms with Crippen molar-refractivity contribution < 1.29 is 19.4 Å². The number of amides is 1. The van der Waals surface area contributed by atoms with Gasteiger partial charge in [0.15, 0.2) is 0 Å². The number of aromatic carboxylic acids is 1. The summed E-state index contributed by atoms with van der Waals surface area (Å²) in [7, 11) is 0. The molecule has 2 unspecified atom stereocenters. The van der Waals surface area contributed by atoms with Gasteiger partial charge in [-0.25, -0.2) is 4.79 Å². The summed E-state index contributed by atoms with van der Waals surface area (Å²) in [5.41, 5.74) is 2.14. The lowest BCUT2D eigenvalue weighted by molar-refractivity contribution is -0.143. The highest BCUT2D eigenvalue weighted by Gasteiger charge is 2.35.